The van der Waals surface area contributed by atoms with Gasteiger partial charge < -0.3 is 15.0 Å². The lowest BCUT2D eigenvalue weighted by Gasteiger charge is -2.19. The zero-order chi connectivity index (χ0) is 20.7. The van der Waals surface area contributed by atoms with Gasteiger partial charge in [-0.3, -0.25) is 10.6 Å². The van der Waals surface area contributed by atoms with Crippen molar-refractivity contribution in [3.05, 3.63) is 29.4 Å². The number of anilines is 3. The number of pyridine rings is 1. The van der Waals surface area contributed by atoms with Crippen LogP contribution in [-0.4, -0.2) is 47.9 Å². The zero-order valence-corrected chi connectivity index (χ0v) is 16.5. The van der Waals surface area contributed by atoms with Gasteiger partial charge in [0.25, 0.3) is 0 Å². The van der Waals surface area contributed by atoms with Crippen molar-refractivity contribution in [1.82, 2.24) is 24.7 Å². The van der Waals surface area contributed by atoms with Crippen molar-refractivity contribution in [2.45, 2.75) is 37.8 Å². The van der Waals surface area contributed by atoms with E-state index in [0.717, 1.165) is 17.7 Å². The van der Waals surface area contributed by atoms with Crippen molar-refractivity contribution in [3.63, 3.8) is 0 Å². The molecule has 11 nitrogen and oxygen atoms in total. The van der Waals surface area contributed by atoms with Crippen molar-refractivity contribution in [1.29, 1.82) is 0 Å². The Kier molecular flexibility index (Phi) is 4.54. The van der Waals surface area contributed by atoms with E-state index in [-0.39, 0.29) is 0 Å². The molecule has 4 N–H and O–H groups in total. The average molecular weight is 426 g/mol. The van der Waals surface area contributed by atoms with Crippen LogP contribution >= 0.6 is 11.3 Å². The third kappa shape index (κ3) is 3.68. The van der Waals surface area contributed by atoms with Crippen molar-refractivity contribution >= 4 is 40.1 Å². The summed E-state index contributed by atoms with van der Waals surface area (Å²) in [5.41, 5.74) is 0.630. The number of nitrogens with zero attached hydrogens (tertiary/aromatic N) is 5. The van der Waals surface area contributed by atoms with Crippen molar-refractivity contribution in [2.24, 2.45) is 0 Å². The summed E-state index contributed by atoms with van der Waals surface area (Å²) in [4.78, 5) is 33.2. The summed E-state index contributed by atoms with van der Waals surface area (Å²) in [6.45, 7) is 0. The predicted molar refractivity (Wildman–Crippen MR) is 110 cm³/mol. The Morgan fingerprint density at radius 3 is 2.87 bits per heavy atom. The maximum Gasteiger partial charge on any atom is 0.326 e. The van der Waals surface area contributed by atoms with E-state index < -0.39 is 18.0 Å². The summed E-state index contributed by atoms with van der Waals surface area (Å²) in [7, 11) is 0. The number of aliphatic carboxylic acids is 1. The van der Waals surface area contributed by atoms with Gasteiger partial charge in [-0.2, -0.15) is 0 Å². The van der Waals surface area contributed by atoms with Gasteiger partial charge in [0, 0.05) is 6.04 Å². The van der Waals surface area contributed by atoms with Crippen LogP contribution in [0.4, 0.5) is 21.6 Å². The number of carboxylic acids is 1. The lowest BCUT2D eigenvalue weighted by atomic mass is 10.1. The number of rotatable bonds is 5. The van der Waals surface area contributed by atoms with E-state index in [1.165, 1.54) is 11.3 Å². The van der Waals surface area contributed by atoms with Gasteiger partial charge in [-0.25, -0.2) is 19.6 Å². The van der Waals surface area contributed by atoms with Crippen LogP contribution in [0.15, 0.2) is 24.5 Å². The topological polar surface area (TPSA) is 147 Å². The first-order valence-electron chi connectivity index (χ1n) is 9.51. The van der Waals surface area contributed by atoms with Gasteiger partial charge in [-0.15, -0.1) is 10.2 Å². The van der Waals surface area contributed by atoms with E-state index in [1.807, 2.05) is 10.6 Å². The number of carbonyl (C=O) groups is 2. The second kappa shape index (κ2) is 7.37. The minimum atomic E-state index is -0.913. The molecule has 3 aromatic rings. The van der Waals surface area contributed by atoms with Gasteiger partial charge >= 0.3 is 12.0 Å². The Bertz CT molecular complexity index is 1120. The standard InChI is InChI=1S/C18H18N8O3S/c27-16(28)11-6-7-12-14(21-11)23-18(30-12)24-17(29)22-13-3-1-2-10(20-13)15-25-19-8-26(15)9-4-5-9/h1-3,8-9,11,21H,4-7H2,(H,27,28)(H2,20,22,23,24,29). The highest BCUT2D eigenvalue weighted by Gasteiger charge is 2.28. The first kappa shape index (κ1) is 18.5. The Morgan fingerprint density at radius 1 is 1.20 bits per heavy atom. The number of hydrogen-bond acceptors (Lipinski definition) is 8. The van der Waals surface area contributed by atoms with Crippen LogP contribution in [0.3, 0.4) is 0 Å². The van der Waals surface area contributed by atoms with E-state index in [0.29, 0.717) is 47.2 Å². The number of carbonyl (C=O) groups excluding carboxylic acids is 1. The summed E-state index contributed by atoms with van der Waals surface area (Å²) < 4.78 is 2.00. The van der Waals surface area contributed by atoms with Gasteiger partial charge in [0.05, 0.1) is 4.88 Å². The lowest BCUT2D eigenvalue weighted by molar-refractivity contribution is -0.138. The van der Waals surface area contributed by atoms with Crippen LogP contribution in [0.25, 0.3) is 11.5 Å². The Hall–Kier alpha value is -3.54. The third-order valence-corrected chi connectivity index (χ3v) is 5.95. The lowest BCUT2D eigenvalue weighted by Crippen LogP contribution is -2.32. The van der Waals surface area contributed by atoms with Crippen LogP contribution in [0, 0.1) is 0 Å². The molecule has 1 aliphatic carbocycles. The summed E-state index contributed by atoms with van der Waals surface area (Å²) >= 11 is 1.32. The molecule has 1 atom stereocenters. The molecule has 1 aliphatic heterocycles. The van der Waals surface area contributed by atoms with Gasteiger partial charge in [-0.1, -0.05) is 17.4 Å². The molecule has 0 bridgehead atoms. The molecule has 1 unspecified atom stereocenters. The van der Waals surface area contributed by atoms with Gasteiger partial charge in [0.2, 0.25) is 0 Å². The molecule has 0 aromatic carbocycles. The second-order valence-corrected chi connectivity index (χ2v) is 8.23. The Morgan fingerprint density at radius 2 is 2.07 bits per heavy atom. The maximum absolute atomic E-state index is 12.4. The number of hydrogen-bond donors (Lipinski definition) is 4. The van der Waals surface area contributed by atoms with Gasteiger partial charge in [0.15, 0.2) is 11.0 Å². The molecule has 5 rings (SSSR count). The van der Waals surface area contributed by atoms with E-state index >= 15 is 0 Å². The molecule has 30 heavy (non-hydrogen) atoms. The molecule has 4 heterocycles. The minimum Gasteiger partial charge on any atom is -0.480 e. The van der Waals surface area contributed by atoms with Crippen LogP contribution in [0.1, 0.15) is 30.2 Å². The first-order valence-corrected chi connectivity index (χ1v) is 10.3. The average Bonchev–Trinajstić information content (AvgIpc) is 3.30. The van der Waals surface area contributed by atoms with Crippen LogP contribution < -0.4 is 16.0 Å². The summed E-state index contributed by atoms with van der Waals surface area (Å²) in [6.07, 6.45) is 5.00. The normalized spacial score (nSPS) is 17.7. The highest BCUT2D eigenvalue weighted by atomic mass is 32.1. The smallest absolute Gasteiger partial charge is 0.326 e. The highest BCUT2D eigenvalue weighted by Crippen LogP contribution is 2.37. The van der Waals surface area contributed by atoms with E-state index in [9.17, 15) is 9.59 Å². The monoisotopic (exact) mass is 426 g/mol. The molecule has 0 saturated heterocycles. The summed E-state index contributed by atoms with van der Waals surface area (Å²) in [5.74, 6) is 0.645. The van der Waals surface area contributed by atoms with E-state index in [4.69, 9.17) is 5.11 Å². The molecule has 2 aliphatic rings. The van der Waals surface area contributed by atoms with E-state index in [1.54, 1.807) is 18.5 Å². The number of amides is 2. The fourth-order valence-corrected chi connectivity index (χ4v) is 4.24. The molecule has 3 aromatic heterocycles. The fourth-order valence-electron chi connectivity index (χ4n) is 3.30. The summed E-state index contributed by atoms with van der Waals surface area (Å²) in [5, 5.41) is 25.9. The molecule has 1 fully saturated rings. The molecule has 2 amide bonds. The number of aromatic nitrogens is 5. The van der Waals surface area contributed by atoms with Crippen molar-refractivity contribution in [3.8, 4) is 11.5 Å². The molecular formula is C18H18N8O3S. The molecule has 154 valence electrons. The maximum atomic E-state index is 12.4. The van der Waals surface area contributed by atoms with Gasteiger partial charge in [-0.05, 0) is 37.8 Å². The Balaban J connectivity index is 1.26. The number of thiazole rings is 1. The Labute approximate surface area is 174 Å². The van der Waals surface area contributed by atoms with Crippen molar-refractivity contribution < 1.29 is 14.7 Å². The minimum absolute atomic E-state index is 0.376. The third-order valence-electron chi connectivity index (χ3n) is 4.92. The van der Waals surface area contributed by atoms with Gasteiger partial charge in [0.1, 0.15) is 29.7 Å². The second-order valence-electron chi connectivity index (χ2n) is 7.14. The first-order chi connectivity index (χ1) is 14.6. The molecule has 0 radical (unpaired) electrons. The van der Waals surface area contributed by atoms with E-state index in [2.05, 4.69) is 36.1 Å². The predicted octanol–water partition coefficient (Wildman–Crippen LogP) is 2.59. The van der Waals surface area contributed by atoms with Crippen LogP contribution in [0.2, 0.25) is 0 Å². The zero-order valence-electron chi connectivity index (χ0n) is 15.7. The highest BCUT2D eigenvalue weighted by molar-refractivity contribution is 7.16. The summed E-state index contributed by atoms with van der Waals surface area (Å²) in [6, 6.07) is 4.58. The molecule has 1 saturated carbocycles. The molecular weight excluding hydrogens is 408 g/mol. The van der Waals surface area contributed by atoms with Crippen LogP contribution in [0.5, 0.6) is 0 Å². The SMILES string of the molecule is O=C(Nc1cccc(-c2nncn2C2CC2)n1)Nc1nc2c(s1)CCC(C(=O)O)N2. The number of carboxylic acid groups (broad SMARTS) is 1. The van der Waals surface area contributed by atoms with Crippen LogP contribution in [-0.2, 0) is 11.2 Å². The fraction of sp³-hybridized carbons (Fsp3) is 0.333. The van der Waals surface area contributed by atoms with Crippen molar-refractivity contribution in [2.75, 3.05) is 16.0 Å². The molecule has 12 heteroatoms. The largest absolute Gasteiger partial charge is 0.480 e. The quantitative estimate of drug-likeness (QED) is 0.487. The molecule has 0 spiro atoms. The number of fused-ring (bicyclic) bond motifs is 1. The number of urea groups is 1. The number of nitrogens with one attached hydrogen (secondary N) is 3. The number of aryl methyl sites for hydroxylation is 1.